The molecule has 0 radical (unpaired) electrons. The first-order valence-corrected chi connectivity index (χ1v) is 8.02. The summed E-state index contributed by atoms with van der Waals surface area (Å²) in [5.74, 6) is 0. The van der Waals surface area contributed by atoms with Crippen molar-refractivity contribution in [3.8, 4) is 0 Å². The molecule has 0 bridgehead atoms. The van der Waals surface area contributed by atoms with E-state index in [4.69, 9.17) is 0 Å². The van der Waals surface area contributed by atoms with Crippen molar-refractivity contribution in [3.05, 3.63) is 21.5 Å². The van der Waals surface area contributed by atoms with Crippen molar-refractivity contribution in [1.29, 1.82) is 0 Å². The molecule has 0 amide bonds. The monoisotopic (exact) mass is 316 g/mol. The molecule has 0 aliphatic rings. The summed E-state index contributed by atoms with van der Waals surface area (Å²) < 4.78 is 1.61. The van der Waals surface area contributed by atoms with Gasteiger partial charge < -0.3 is 10.4 Å². The number of aromatic nitrogens is 2. The zero-order valence-corrected chi connectivity index (χ0v) is 14.0. The second kappa shape index (κ2) is 7.24. The van der Waals surface area contributed by atoms with Crippen LogP contribution in [0.5, 0.6) is 0 Å². The van der Waals surface area contributed by atoms with E-state index in [2.05, 4.69) is 24.3 Å². The van der Waals surface area contributed by atoms with Crippen LogP contribution in [0.4, 0.5) is 5.69 Å². The molecule has 0 saturated heterocycles. The van der Waals surface area contributed by atoms with Crippen LogP contribution in [0.1, 0.15) is 25.2 Å². The summed E-state index contributed by atoms with van der Waals surface area (Å²) in [7, 11) is 0. The van der Waals surface area contributed by atoms with Gasteiger partial charge in [-0.1, -0.05) is 0 Å². The topological polar surface area (TPSA) is 93.2 Å². The second-order valence-electron chi connectivity index (χ2n) is 5.71. The molecule has 120 valence electrons. The van der Waals surface area contributed by atoms with Gasteiger partial charge in [-0.25, -0.2) is 0 Å². The van der Waals surface area contributed by atoms with E-state index in [1.165, 1.54) is 4.68 Å². The number of nitrogens with one attached hydrogen (secondary N) is 1. The number of nitro groups is 1. The summed E-state index contributed by atoms with van der Waals surface area (Å²) in [6.07, 6.45) is 1.41. The minimum Gasteiger partial charge on any atom is -0.390 e. The lowest BCUT2D eigenvalue weighted by Crippen LogP contribution is -2.38. The molecule has 21 heavy (non-hydrogen) atoms. The van der Waals surface area contributed by atoms with Gasteiger partial charge >= 0.3 is 5.69 Å². The zero-order valence-electron chi connectivity index (χ0n) is 13.2. The Kier molecular flexibility index (Phi) is 6.18. The van der Waals surface area contributed by atoms with Gasteiger partial charge in [0.15, 0.2) is 0 Å². The summed E-state index contributed by atoms with van der Waals surface area (Å²) in [6, 6.07) is 0. The molecule has 1 heterocycles. The minimum atomic E-state index is -0.639. The van der Waals surface area contributed by atoms with Gasteiger partial charge in [-0.15, -0.1) is 0 Å². The van der Waals surface area contributed by atoms with E-state index >= 15 is 0 Å². The molecule has 7 nitrogen and oxygen atoms in total. The Bertz CT molecular complexity index is 502. The lowest BCUT2D eigenvalue weighted by Gasteiger charge is -2.23. The maximum Gasteiger partial charge on any atom is 0.312 e. The van der Waals surface area contributed by atoms with Gasteiger partial charge in [0.2, 0.25) is 0 Å². The predicted molar refractivity (Wildman–Crippen MR) is 84.8 cm³/mol. The standard InChI is InChI=1S/C13H24N4O3S/c1-9-12(17(19)20)10(2)16(15-9)7-11(18)6-14-8-13(3,4)21-5/h11,14,18H,6-8H2,1-5H3. The first kappa shape index (κ1) is 17.9. The zero-order chi connectivity index (χ0) is 16.2. The van der Waals surface area contributed by atoms with Crippen LogP contribution in [0, 0.1) is 24.0 Å². The van der Waals surface area contributed by atoms with Crippen LogP contribution in [0.3, 0.4) is 0 Å². The van der Waals surface area contributed by atoms with Crippen LogP contribution in [0.15, 0.2) is 0 Å². The molecule has 0 aliphatic heterocycles. The fourth-order valence-electron chi connectivity index (χ4n) is 2.01. The van der Waals surface area contributed by atoms with Crippen LogP contribution in [-0.2, 0) is 6.54 Å². The number of rotatable bonds is 8. The summed E-state index contributed by atoms with van der Waals surface area (Å²) in [5.41, 5.74) is 0.876. The summed E-state index contributed by atoms with van der Waals surface area (Å²) in [6.45, 7) is 8.96. The van der Waals surface area contributed by atoms with E-state index in [9.17, 15) is 15.2 Å². The lowest BCUT2D eigenvalue weighted by molar-refractivity contribution is -0.386. The molecular weight excluding hydrogens is 292 g/mol. The maximum atomic E-state index is 10.9. The largest absolute Gasteiger partial charge is 0.390 e. The SMILES string of the molecule is CSC(C)(C)CNCC(O)Cn1nc(C)c([N+](=O)[O-])c1C. The predicted octanol–water partition coefficient (Wildman–Crippen LogP) is 1.50. The normalized spacial score (nSPS) is 13.4. The first-order chi connectivity index (χ1) is 9.68. The number of aliphatic hydroxyl groups is 1. The Morgan fingerprint density at radius 3 is 2.62 bits per heavy atom. The summed E-state index contributed by atoms with van der Waals surface area (Å²) in [4.78, 5) is 10.5. The third-order valence-electron chi connectivity index (χ3n) is 3.39. The van der Waals surface area contributed by atoms with Crippen LogP contribution in [-0.4, -0.2) is 50.0 Å². The van der Waals surface area contributed by atoms with Crippen molar-refractivity contribution in [2.45, 2.75) is 45.1 Å². The van der Waals surface area contributed by atoms with Crippen LogP contribution in [0.25, 0.3) is 0 Å². The van der Waals surface area contributed by atoms with E-state index < -0.39 is 11.0 Å². The van der Waals surface area contributed by atoms with Crippen molar-refractivity contribution in [2.24, 2.45) is 0 Å². The molecule has 8 heteroatoms. The molecule has 0 spiro atoms. The maximum absolute atomic E-state index is 10.9. The molecule has 1 aromatic heterocycles. The quantitative estimate of drug-likeness (QED) is 0.558. The Morgan fingerprint density at radius 2 is 2.14 bits per heavy atom. The van der Waals surface area contributed by atoms with E-state index in [0.717, 1.165) is 6.54 Å². The number of hydrogen-bond donors (Lipinski definition) is 2. The number of aliphatic hydroxyl groups excluding tert-OH is 1. The fourth-order valence-corrected chi connectivity index (χ4v) is 2.25. The molecule has 0 aromatic carbocycles. The van der Waals surface area contributed by atoms with Crippen molar-refractivity contribution in [3.63, 3.8) is 0 Å². The van der Waals surface area contributed by atoms with Crippen molar-refractivity contribution in [2.75, 3.05) is 19.3 Å². The molecule has 0 saturated carbocycles. The van der Waals surface area contributed by atoms with E-state index in [1.807, 2.05) is 6.26 Å². The molecule has 1 atom stereocenters. The highest BCUT2D eigenvalue weighted by Gasteiger charge is 2.23. The lowest BCUT2D eigenvalue weighted by atomic mass is 10.2. The van der Waals surface area contributed by atoms with Gasteiger partial charge in [0.05, 0.1) is 17.6 Å². The molecule has 2 N–H and O–H groups in total. The fraction of sp³-hybridized carbons (Fsp3) is 0.769. The van der Waals surface area contributed by atoms with Crippen molar-refractivity contribution < 1.29 is 10.0 Å². The molecule has 1 unspecified atom stereocenters. The van der Waals surface area contributed by atoms with Crippen LogP contribution >= 0.6 is 11.8 Å². The molecule has 0 aliphatic carbocycles. The summed E-state index contributed by atoms with van der Waals surface area (Å²) in [5, 5.41) is 28.3. The summed E-state index contributed by atoms with van der Waals surface area (Å²) >= 11 is 1.76. The smallest absolute Gasteiger partial charge is 0.312 e. The van der Waals surface area contributed by atoms with Crippen molar-refractivity contribution >= 4 is 17.4 Å². The van der Waals surface area contributed by atoms with Gasteiger partial charge in [0.1, 0.15) is 11.4 Å². The van der Waals surface area contributed by atoms with Crippen molar-refractivity contribution in [1.82, 2.24) is 15.1 Å². The molecular formula is C13H24N4O3S. The highest BCUT2D eigenvalue weighted by molar-refractivity contribution is 7.99. The average molecular weight is 316 g/mol. The Hall–Kier alpha value is -1.12. The van der Waals surface area contributed by atoms with E-state index in [0.29, 0.717) is 17.9 Å². The van der Waals surface area contributed by atoms with Crippen LogP contribution < -0.4 is 5.32 Å². The van der Waals surface area contributed by atoms with Gasteiger partial charge in [-0.05, 0) is 34.0 Å². The molecule has 0 fully saturated rings. The van der Waals surface area contributed by atoms with Gasteiger partial charge in [0, 0.05) is 17.8 Å². The number of nitrogens with zero attached hydrogens (tertiary/aromatic N) is 3. The Morgan fingerprint density at radius 1 is 1.52 bits per heavy atom. The van der Waals surface area contributed by atoms with E-state index in [1.54, 1.807) is 25.6 Å². The number of aryl methyl sites for hydroxylation is 1. The molecule has 1 aromatic rings. The Labute approximate surface area is 129 Å². The highest BCUT2D eigenvalue weighted by atomic mass is 32.2. The third kappa shape index (κ3) is 4.98. The van der Waals surface area contributed by atoms with Gasteiger partial charge in [-0.3, -0.25) is 14.8 Å². The van der Waals surface area contributed by atoms with Gasteiger partial charge in [-0.2, -0.15) is 16.9 Å². The first-order valence-electron chi connectivity index (χ1n) is 6.80. The second-order valence-corrected chi connectivity index (χ2v) is 7.22. The average Bonchev–Trinajstić information content (AvgIpc) is 2.64. The number of thioether (sulfide) groups is 1. The third-order valence-corrected chi connectivity index (χ3v) is 4.64. The Balaban J connectivity index is 2.58. The van der Waals surface area contributed by atoms with E-state index in [-0.39, 0.29) is 17.0 Å². The number of hydrogen-bond acceptors (Lipinski definition) is 6. The van der Waals surface area contributed by atoms with Gasteiger partial charge in [0.25, 0.3) is 0 Å². The highest BCUT2D eigenvalue weighted by Crippen LogP contribution is 2.22. The molecule has 1 rings (SSSR count). The van der Waals surface area contributed by atoms with Crippen LogP contribution in [0.2, 0.25) is 0 Å². The minimum absolute atomic E-state index is 0.0266.